The number of hydrogen-bond acceptors (Lipinski definition) is 3. The van der Waals surface area contributed by atoms with Gasteiger partial charge in [0.25, 0.3) is 0 Å². The SMILES string of the molecule is CCNC(=NCc1ccc(S(=O)(=O)NC)cc1)NCc1ccc(C)cc1C.I. The molecule has 0 bridgehead atoms. The average molecular weight is 516 g/mol. The maximum Gasteiger partial charge on any atom is 0.240 e. The van der Waals surface area contributed by atoms with Crippen LogP contribution in [0.3, 0.4) is 0 Å². The summed E-state index contributed by atoms with van der Waals surface area (Å²) < 4.78 is 25.9. The molecule has 6 nitrogen and oxygen atoms in total. The standard InChI is InChI=1S/C20H28N4O2S.HI/c1-5-22-20(24-14-18-9-6-15(2)12-16(18)3)23-13-17-7-10-19(11-8-17)27(25,26)21-4;/h6-12,21H,5,13-14H2,1-4H3,(H2,22,23,24);1H. The number of aryl methyl sites for hydroxylation is 2. The normalized spacial score (nSPS) is 11.6. The molecule has 28 heavy (non-hydrogen) atoms. The Morgan fingerprint density at radius 1 is 1.04 bits per heavy atom. The molecule has 0 saturated carbocycles. The van der Waals surface area contributed by atoms with E-state index in [1.54, 1.807) is 24.3 Å². The Balaban J connectivity index is 0.00000392. The minimum absolute atomic E-state index is 0. The summed E-state index contributed by atoms with van der Waals surface area (Å²) in [7, 11) is -2.01. The number of hydrogen-bond donors (Lipinski definition) is 3. The van der Waals surface area contributed by atoms with Crippen LogP contribution in [-0.4, -0.2) is 28.0 Å². The van der Waals surface area contributed by atoms with Crippen molar-refractivity contribution in [3.05, 3.63) is 64.7 Å². The van der Waals surface area contributed by atoms with Crippen molar-refractivity contribution in [1.82, 2.24) is 15.4 Å². The van der Waals surface area contributed by atoms with Crippen LogP contribution in [-0.2, 0) is 23.1 Å². The first-order valence-electron chi connectivity index (χ1n) is 8.96. The van der Waals surface area contributed by atoms with Crippen LogP contribution in [0.15, 0.2) is 52.4 Å². The summed E-state index contributed by atoms with van der Waals surface area (Å²) in [5, 5.41) is 6.58. The van der Waals surface area contributed by atoms with E-state index in [0.717, 1.165) is 18.1 Å². The van der Waals surface area contributed by atoms with E-state index in [-0.39, 0.29) is 28.9 Å². The maximum atomic E-state index is 11.8. The summed E-state index contributed by atoms with van der Waals surface area (Å²) in [5.74, 6) is 0.726. The number of nitrogens with zero attached hydrogens (tertiary/aromatic N) is 1. The molecule has 3 N–H and O–H groups in total. The lowest BCUT2D eigenvalue weighted by molar-refractivity contribution is 0.588. The third kappa shape index (κ3) is 7.06. The van der Waals surface area contributed by atoms with Crippen molar-refractivity contribution in [2.45, 2.75) is 38.8 Å². The molecular formula is C20H29IN4O2S. The Bertz CT molecular complexity index is 897. The Kier molecular flexibility index (Phi) is 9.91. The summed E-state index contributed by atoms with van der Waals surface area (Å²) in [6.45, 7) is 8.13. The van der Waals surface area contributed by atoms with Crippen molar-refractivity contribution in [1.29, 1.82) is 0 Å². The van der Waals surface area contributed by atoms with E-state index in [2.05, 4.69) is 52.4 Å². The predicted octanol–water partition coefficient (Wildman–Crippen LogP) is 3.08. The molecule has 2 rings (SSSR count). The van der Waals surface area contributed by atoms with E-state index >= 15 is 0 Å². The second-order valence-electron chi connectivity index (χ2n) is 6.33. The van der Waals surface area contributed by atoms with E-state index in [0.29, 0.717) is 13.1 Å². The molecule has 0 unspecified atom stereocenters. The van der Waals surface area contributed by atoms with Gasteiger partial charge in [0, 0.05) is 13.1 Å². The van der Waals surface area contributed by atoms with Crippen molar-refractivity contribution >= 4 is 40.0 Å². The van der Waals surface area contributed by atoms with Gasteiger partial charge in [0.05, 0.1) is 11.4 Å². The fraction of sp³-hybridized carbons (Fsp3) is 0.350. The fourth-order valence-corrected chi connectivity index (χ4v) is 3.36. The number of halogens is 1. The van der Waals surface area contributed by atoms with Crippen LogP contribution in [0, 0.1) is 13.8 Å². The largest absolute Gasteiger partial charge is 0.357 e. The Morgan fingerprint density at radius 3 is 2.29 bits per heavy atom. The van der Waals surface area contributed by atoms with Gasteiger partial charge in [0.15, 0.2) is 5.96 Å². The first-order chi connectivity index (χ1) is 12.9. The van der Waals surface area contributed by atoms with Crippen molar-refractivity contribution in [3.8, 4) is 0 Å². The van der Waals surface area contributed by atoms with Gasteiger partial charge in [0.1, 0.15) is 0 Å². The fourth-order valence-electron chi connectivity index (χ4n) is 2.63. The van der Waals surface area contributed by atoms with Gasteiger partial charge in [-0.1, -0.05) is 35.9 Å². The van der Waals surface area contributed by atoms with Crippen molar-refractivity contribution < 1.29 is 8.42 Å². The minimum Gasteiger partial charge on any atom is -0.357 e. The van der Waals surface area contributed by atoms with E-state index in [1.165, 1.54) is 23.7 Å². The average Bonchev–Trinajstić information content (AvgIpc) is 2.65. The molecule has 0 heterocycles. The summed E-state index contributed by atoms with van der Waals surface area (Å²) in [6, 6.07) is 13.1. The zero-order valence-electron chi connectivity index (χ0n) is 16.7. The molecule has 0 aliphatic carbocycles. The third-order valence-electron chi connectivity index (χ3n) is 4.21. The number of nitrogens with one attached hydrogen (secondary N) is 3. The number of sulfonamides is 1. The number of guanidine groups is 1. The van der Waals surface area contributed by atoms with Gasteiger partial charge in [-0.3, -0.25) is 0 Å². The zero-order chi connectivity index (χ0) is 19.9. The van der Waals surface area contributed by atoms with E-state index in [4.69, 9.17) is 0 Å². The summed E-state index contributed by atoms with van der Waals surface area (Å²) in [5.41, 5.74) is 4.67. The highest BCUT2D eigenvalue weighted by atomic mass is 127. The molecule has 0 amide bonds. The lowest BCUT2D eigenvalue weighted by Crippen LogP contribution is -2.36. The molecular weight excluding hydrogens is 487 g/mol. The first kappa shape index (κ1) is 24.4. The molecule has 2 aromatic rings. The molecule has 0 atom stereocenters. The Labute approximate surface area is 185 Å². The molecule has 0 radical (unpaired) electrons. The highest BCUT2D eigenvalue weighted by Gasteiger charge is 2.10. The molecule has 0 fully saturated rings. The molecule has 0 aromatic heterocycles. The molecule has 0 aliphatic rings. The van der Waals surface area contributed by atoms with Crippen LogP contribution < -0.4 is 15.4 Å². The van der Waals surface area contributed by atoms with Gasteiger partial charge in [-0.15, -0.1) is 24.0 Å². The van der Waals surface area contributed by atoms with Crippen molar-refractivity contribution in [2.24, 2.45) is 4.99 Å². The Morgan fingerprint density at radius 2 is 1.71 bits per heavy atom. The number of aliphatic imine (C=N–C) groups is 1. The predicted molar refractivity (Wildman–Crippen MR) is 126 cm³/mol. The van der Waals surface area contributed by atoms with Crippen LogP contribution in [0.1, 0.15) is 29.2 Å². The second kappa shape index (κ2) is 11.4. The van der Waals surface area contributed by atoms with Crippen LogP contribution in [0.2, 0.25) is 0 Å². The first-order valence-corrected chi connectivity index (χ1v) is 10.4. The van der Waals surface area contributed by atoms with Gasteiger partial charge in [-0.2, -0.15) is 0 Å². The molecule has 0 saturated heterocycles. The van der Waals surface area contributed by atoms with Gasteiger partial charge in [-0.25, -0.2) is 18.1 Å². The number of benzene rings is 2. The maximum absolute atomic E-state index is 11.8. The summed E-state index contributed by atoms with van der Waals surface area (Å²) in [4.78, 5) is 4.84. The Hall–Kier alpha value is -1.65. The topological polar surface area (TPSA) is 82.6 Å². The lowest BCUT2D eigenvalue weighted by atomic mass is 10.1. The number of rotatable bonds is 7. The zero-order valence-corrected chi connectivity index (χ0v) is 19.9. The van der Waals surface area contributed by atoms with E-state index < -0.39 is 10.0 Å². The van der Waals surface area contributed by atoms with Gasteiger partial charge < -0.3 is 10.6 Å². The third-order valence-corrected chi connectivity index (χ3v) is 5.64. The second-order valence-corrected chi connectivity index (χ2v) is 8.22. The van der Waals surface area contributed by atoms with Crippen LogP contribution in [0.5, 0.6) is 0 Å². The van der Waals surface area contributed by atoms with E-state index in [9.17, 15) is 8.42 Å². The molecule has 0 aliphatic heterocycles. The summed E-state index contributed by atoms with van der Waals surface area (Å²) >= 11 is 0. The van der Waals surface area contributed by atoms with Crippen LogP contribution in [0.4, 0.5) is 0 Å². The summed E-state index contributed by atoms with van der Waals surface area (Å²) in [6.07, 6.45) is 0. The molecule has 154 valence electrons. The van der Waals surface area contributed by atoms with Gasteiger partial charge in [-0.05, 0) is 56.6 Å². The molecule has 8 heteroatoms. The molecule has 0 spiro atoms. The van der Waals surface area contributed by atoms with E-state index in [1.807, 2.05) is 6.92 Å². The van der Waals surface area contributed by atoms with Gasteiger partial charge >= 0.3 is 0 Å². The molecule has 2 aromatic carbocycles. The van der Waals surface area contributed by atoms with Crippen molar-refractivity contribution in [3.63, 3.8) is 0 Å². The van der Waals surface area contributed by atoms with Crippen molar-refractivity contribution in [2.75, 3.05) is 13.6 Å². The highest BCUT2D eigenvalue weighted by Crippen LogP contribution is 2.12. The van der Waals surface area contributed by atoms with Crippen LogP contribution >= 0.6 is 24.0 Å². The lowest BCUT2D eigenvalue weighted by Gasteiger charge is -2.13. The van der Waals surface area contributed by atoms with Crippen LogP contribution in [0.25, 0.3) is 0 Å². The minimum atomic E-state index is -3.41. The highest BCUT2D eigenvalue weighted by molar-refractivity contribution is 14.0. The monoisotopic (exact) mass is 516 g/mol. The quantitative estimate of drug-likeness (QED) is 0.300. The smallest absolute Gasteiger partial charge is 0.240 e. The van der Waals surface area contributed by atoms with Gasteiger partial charge in [0.2, 0.25) is 10.0 Å².